The van der Waals surface area contributed by atoms with Crippen molar-refractivity contribution in [3.05, 3.63) is 89.2 Å². The van der Waals surface area contributed by atoms with Crippen molar-refractivity contribution in [1.82, 2.24) is 10.3 Å². The van der Waals surface area contributed by atoms with Crippen LogP contribution in [0, 0.1) is 0 Å². The molecule has 3 aromatic rings. The number of amides is 1. The van der Waals surface area contributed by atoms with Gasteiger partial charge in [-0.2, -0.15) is 0 Å². The van der Waals surface area contributed by atoms with E-state index in [0.717, 1.165) is 5.56 Å². The summed E-state index contributed by atoms with van der Waals surface area (Å²) >= 11 is 6.07. The zero-order valence-corrected chi connectivity index (χ0v) is 15.7. The summed E-state index contributed by atoms with van der Waals surface area (Å²) in [7, 11) is -3.94. The molecule has 0 saturated carbocycles. The Morgan fingerprint density at radius 2 is 1.70 bits per heavy atom. The normalized spacial score (nSPS) is 11.0. The van der Waals surface area contributed by atoms with E-state index < -0.39 is 15.9 Å². The first kappa shape index (κ1) is 18.9. The molecule has 8 heteroatoms. The van der Waals surface area contributed by atoms with Gasteiger partial charge in [-0.3, -0.25) is 14.5 Å². The summed E-state index contributed by atoms with van der Waals surface area (Å²) in [6.07, 6.45) is 3.26. The van der Waals surface area contributed by atoms with E-state index in [1.54, 1.807) is 54.9 Å². The Morgan fingerprint density at radius 3 is 2.41 bits per heavy atom. The lowest BCUT2D eigenvalue weighted by Crippen LogP contribution is -2.23. The van der Waals surface area contributed by atoms with Gasteiger partial charge in [0.2, 0.25) is 0 Å². The lowest BCUT2D eigenvalue weighted by atomic mass is 10.2. The second-order valence-corrected chi connectivity index (χ2v) is 7.71. The minimum absolute atomic E-state index is 0.0316. The minimum Gasteiger partial charge on any atom is -0.348 e. The number of sulfonamides is 1. The van der Waals surface area contributed by atoms with Crippen molar-refractivity contribution in [1.29, 1.82) is 0 Å². The van der Waals surface area contributed by atoms with Crippen molar-refractivity contribution in [3.63, 3.8) is 0 Å². The van der Waals surface area contributed by atoms with E-state index in [4.69, 9.17) is 11.6 Å². The number of carbonyl (C=O) groups is 1. The predicted molar refractivity (Wildman–Crippen MR) is 104 cm³/mol. The molecule has 0 unspecified atom stereocenters. The summed E-state index contributed by atoms with van der Waals surface area (Å²) in [5, 5.41) is 2.77. The van der Waals surface area contributed by atoms with Gasteiger partial charge in [0.05, 0.1) is 5.02 Å². The van der Waals surface area contributed by atoms with Gasteiger partial charge >= 0.3 is 0 Å². The van der Waals surface area contributed by atoms with Crippen LogP contribution in [0.3, 0.4) is 0 Å². The van der Waals surface area contributed by atoms with Crippen molar-refractivity contribution in [3.8, 4) is 0 Å². The fraction of sp³-hybridized carbons (Fsp3) is 0.0526. The quantitative estimate of drug-likeness (QED) is 0.662. The summed E-state index contributed by atoms with van der Waals surface area (Å²) in [5.41, 5.74) is 1.48. The summed E-state index contributed by atoms with van der Waals surface area (Å²) in [6.45, 7) is 0.300. The van der Waals surface area contributed by atoms with Crippen molar-refractivity contribution in [2.75, 3.05) is 4.72 Å². The molecule has 1 aromatic heterocycles. The Balaban J connectivity index is 1.80. The molecule has 0 fully saturated rings. The van der Waals surface area contributed by atoms with Gasteiger partial charge in [-0.15, -0.1) is 0 Å². The highest BCUT2D eigenvalue weighted by Crippen LogP contribution is 2.25. The van der Waals surface area contributed by atoms with Crippen LogP contribution in [0.15, 0.2) is 78.0 Å². The van der Waals surface area contributed by atoms with Gasteiger partial charge in [-0.1, -0.05) is 29.8 Å². The van der Waals surface area contributed by atoms with E-state index in [2.05, 4.69) is 15.0 Å². The second-order valence-electron chi connectivity index (χ2n) is 5.65. The Kier molecular flexibility index (Phi) is 5.73. The summed E-state index contributed by atoms with van der Waals surface area (Å²) in [6, 6.07) is 16.1. The van der Waals surface area contributed by atoms with Crippen LogP contribution in [0.5, 0.6) is 0 Å². The molecule has 138 valence electrons. The fourth-order valence-electron chi connectivity index (χ4n) is 2.35. The summed E-state index contributed by atoms with van der Waals surface area (Å²) in [4.78, 5) is 16.1. The number of hydrogen-bond acceptors (Lipinski definition) is 4. The lowest BCUT2D eigenvalue weighted by Gasteiger charge is -2.11. The molecule has 27 heavy (non-hydrogen) atoms. The largest absolute Gasteiger partial charge is 0.348 e. The number of aromatic nitrogens is 1. The third-order valence-corrected chi connectivity index (χ3v) is 5.57. The number of halogens is 1. The number of para-hydroxylation sites is 1. The number of carbonyl (C=O) groups excluding carboxylic acids is 1. The van der Waals surface area contributed by atoms with Crippen LogP contribution in [0.4, 0.5) is 5.69 Å². The molecule has 0 atom stereocenters. The SMILES string of the molecule is O=C(NCc1ccncc1)c1ccc(Cl)c(S(=O)(=O)Nc2ccccc2)c1. The Labute approximate surface area is 162 Å². The minimum atomic E-state index is -3.94. The van der Waals surface area contributed by atoms with Crippen molar-refractivity contribution in [2.24, 2.45) is 0 Å². The van der Waals surface area contributed by atoms with Gasteiger partial charge in [0.1, 0.15) is 4.90 Å². The molecule has 2 aromatic carbocycles. The average Bonchev–Trinajstić information content (AvgIpc) is 2.67. The van der Waals surface area contributed by atoms with E-state index in [1.165, 1.54) is 18.2 Å². The zero-order valence-electron chi connectivity index (χ0n) is 14.1. The van der Waals surface area contributed by atoms with Crippen LogP contribution in [0.25, 0.3) is 0 Å². The van der Waals surface area contributed by atoms with Crippen molar-refractivity contribution in [2.45, 2.75) is 11.4 Å². The smallest absolute Gasteiger partial charge is 0.263 e. The van der Waals surface area contributed by atoms with E-state index >= 15 is 0 Å². The topological polar surface area (TPSA) is 88.2 Å². The number of benzene rings is 2. The van der Waals surface area contributed by atoms with Crippen molar-refractivity contribution < 1.29 is 13.2 Å². The molecular weight excluding hydrogens is 386 g/mol. The summed E-state index contributed by atoms with van der Waals surface area (Å²) < 4.78 is 27.7. The first-order valence-electron chi connectivity index (χ1n) is 8.00. The van der Waals surface area contributed by atoms with Crippen LogP contribution in [-0.2, 0) is 16.6 Å². The van der Waals surface area contributed by atoms with Gasteiger partial charge < -0.3 is 5.32 Å². The second kappa shape index (κ2) is 8.20. The van der Waals surface area contributed by atoms with Crippen LogP contribution in [0.2, 0.25) is 5.02 Å². The molecule has 0 bridgehead atoms. The van der Waals surface area contributed by atoms with Gasteiger partial charge in [0.15, 0.2) is 0 Å². The highest BCUT2D eigenvalue weighted by molar-refractivity contribution is 7.92. The predicted octanol–water partition coefficient (Wildman–Crippen LogP) is 3.47. The molecule has 0 spiro atoms. The van der Waals surface area contributed by atoms with Gasteiger partial charge in [0, 0.05) is 30.2 Å². The molecule has 3 rings (SSSR count). The third kappa shape index (κ3) is 4.84. The molecule has 1 amide bonds. The van der Waals surface area contributed by atoms with Gasteiger partial charge in [-0.05, 0) is 48.0 Å². The Hall–Kier alpha value is -2.90. The highest BCUT2D eigenvalue weighted by Gasteiger charge is 2.20. The van der Waals surface area contributed by atoms with Crippen LogP contribution in [-0.4, -0.2) is 19.3 Å². The molecule has 1 heterocycles. The van der Waals surface area contributed by atoms with Gasteiger partial charge in [-0.25, -0.2) is 8.42 Å². The van der Waals surface area contributed by atoms with Crippen LogP contribution < -0.4 is 10.0 Å². The lowest BCUT2D eigenvalue weighted by molar-refractivity contribution is 0.0950. The molecule has 0 saturated heterocycles. The molecule has 0 aliphatic carbocycles. The molecule has 0 aliphatic heterocycles. The standard InChI is InChI=1S/C19H16ClN3O3S/c20-17-7-6-15(19(24)22-13-14-8-10-21-11-9-14)12-18(17)27(25,26)23-16-4-2-1-3-5-16/h1-12,23H,13H2,(H,22,24). The number of anilines is 1. The van der Waals surface area contributed by atoms with E-state index in [0.29, 0.717) is 12.2 Å². The number of hydrogen-bond donors (Lipinski definition) is 2. The number of nitrogens with one attached hydrogen (secondary N) is 2. The summed E-state index contributed by atoms with van der Waals surface area (Å²) in [5.74, 6) is -0.403. The first-order chi connectivity index (χ1) is 13.0. The van der Waals surface area contributed by atoms with E-state index in [1.807, 2.05) is 0 Å². The number of nitrogens with zero attached hydrogens (tertiary/aromatic N) is 1. The van der Waals surface area contributed by atoms with Crippen LogP contribution in [0.1, 0.15) is 15.9 Å². The number of pyridine rings is 1. The third-order valence-electron chi connectivity index (χ3n) is 3.71. The average molecular weight is 402 g/mol. The van der Waals surface area contributed by atoms with Gasteiger partial charge in [0.25, 0.3) is 15.9 Å². The molecule has 0 radical (unpaired) electrons. The fourth-order valence-corrected chi connectivity index (χ4v) is 3.94. The number of rotatable bonds is 6. The maximum absolute atomic E-state index is 12.6. The Morgan fingerprint density at radius 1 is 1.00 bits per heavy atom. The molecule has 0 aliphatic rings. The Bertz CT molecular complexity index is 1040. The van der Waals surface area contributed by atoms with Crippen LogP contribution >= 0.6 is 11.6 Å². The van der Waals surface area contributed by atoms with Crippen molar-refractivity contribution >= 4 is 33.2 Å². The first-order valence-corrected chi connectivity index (χ1v) is 9.86. The monoisotopic (exact) mass is 401 g/mol. The maximum atomic E-state index is 12.6. The molecular formula is C19H16ClN3O3S. The van der Waals surface area contributed by atoms with E-state index in [-0.39, 0.29) is 15.5 Å². The maximum Gasteiger partial charge on any atom is 0.263 e. The molecule has 6 nitrogen and oxygen atoms in total. The van der Waals surface area contributed by atoms with E-state index in [9.17, 15) is 13.2 Å². The highest BCUT2D eigenvalue weighted by atomic mass is 35.5. The zero-order chi connectivity index (χ0) is 19.3. The molecule has 2 N–H and O–H groups in total.